The van der Waals surface area contributed by atoms with Gasteiger partial charge in [-0.05, 0) is 86.2 Å². The molecule has 5 nitrogen and oxygen atoms in total. The molecule has 0 spiro atoms. The molecule has 0 radical (unpaired) electrons. The zero-order valence-electron chi connectivity index (χ0n) is 20.1. The monoisotopic (exact) mass is 445 g/mol. The molecular weight excluding hydrogens is 402 g/mol. The van der Waals surface area contributed by atoms with E-state index in [1.54, 1.807) is 12.5 Å². The Labute approximate surface area is 193 Å². The Kier molecular flexibility index (Phi) is 7.07. The lowest BCUT2D eigenvalue weighted by Crippen LogP contribution is -2.63. The van der Waals surface area contributed by atoms with Gasteiger partial charge in [0, 0.05) is 12.0 Å². The number of furan rings is 1. The van der Waals surface area contributed by atoms with Gasteiger partial charge in [0.1, 0.15) is 0 Å². The van der Waals surface area contributed by atoms with E-state index in [0.717, 1.165) is 50.6 Å². The maximum absolute atomic E-state index is 13.6. The molecule has 0 saturated heterocycles. The van der Waals surface area contributed by atoms with Crippen LogP contribution in [0, 0.1) is 28.6 Å². The number of amides is 1. The average molecular weight is 446 g/mol. The molecule has 3 aliphatic rings. The zero-order valence-corrected chi connectivity index (χ0v) is 20.1. The van der Waals surface area contributed by atoms with Gasteiger partial charge in [-0.3, -0.25) is 4.79 Å². The molecule has 32 heavy (non-hydrogen) atoms. The van der Waals surface area contributed by atoms with Crippen molar-refractivity contribution in [3.63, 3.8) is 0 Å². The van der Waals surface area contributed by atoms with Gasteiger partial charge in [0.05, 0.1) is 24.7 Å². The summed E-state index contributed by atoms with van der Waals surface area (Å²) < 4.78 is 5.24. The molecule has 0 aromatic carbocycles. The fourth-order valence-electron chi connectivity index (χ4n) is 7.80. The maximum atomic E-state index is 13.6. The molecule has 4 rings (SSSR count). The van der Waals surface area contributed by atoms with E-state index in [-0.39, 0.29) is 29.8 Å². The van der Waals surface area contributed by atoms with Crippen LogP contribution in [0.2, 0.25) is 0 Å². The van der Waals surface area contributed by atoms with Crippen LogP contribution in [-0.2, 0) is 11.2 Å². The van der Waals surface area contributed by atoms with Crippen LogP contribution in [0.1, 0.15) is 90.0 Å². The first-order valence-electron chi connectivity index (χ1n) is 12.9. The Hall–Kier alpha value is -1.33. The summed E-state index contributed by atoms with van der Waals surface area (Å²) in [5, 5.41) is 25.0. The standard InChI is InChI=1S/C27H43NO4/c1-25-13-6-14-26(2,24(30)28-17-20-7-4-3-5-8-20)22(25)11-15-27(31,19-29)23(25)10-9-21-12-16-32-18-21/h12,16,18,20,22-23,29,31H,3-11,13-15,17,19H2,1-2H3,(H,28,30)/t22-,23-,25+,26-,27?/m0/s1. The Morgan fingerprint density at radius 1 is 1.12 bits per heavy atom. The molecule has 1 unspecified atom stereocenters. The fraction of sp³-hybridized carbons (Fsp3) is 0.815. The third-order valence-electron chi connectivity index (χ3n) is 9.66. The second kappa shape index (κ2) is 9.50. The van der Waals surface area contributed by atoms with E-state index >= 15 is 0 Å². The minimum Gasteiger partial charge on any atom is -0.472 e. The highest BCUT2D eigenvalue weighted by Crippen LogP contribution is 2.63. The molecule has 3 fully saturated rings. The van der Waals surface area contributed by atoms with Crippen molar-refractivity contribution in [1.82, 2.24) is 5.32 Å². The van der Waals surface area contributed by atoms with Crippen LogP contribution >= 0.6 is 0 Å². The van der Waals surface area contributed by atoms with Crippen molar-refractivity contribution in [2.45, 2.75) is 96.5 Å². The minimum absolute atomic E-state index is 0.0422. The average Bonchev–Trinajstić information content (AvgIpc) is 3.31. The second-order valence-corrected chi connectivity index (χ2v) is 11.6. The lowest BCUT2D eigenvalue weighted by molar-refractivity contribution is -0.196. The minimum atomic E-state index is -1.08. The molecule has 3 saturated carbocycles. The summed E-state index contributed by atoms with van der Waals surface area (Å²) >= 11 is 0. The van der Waals surface area contributed by atoms with Gasteiger partial charge in [-0.1, -0.05) is 39.5 Å². The molecule has 5 heteroatoms. The summed E-state index contributed by atoms with van der Waals surface area (Å²) in [6.07, 6.45) is 15.7. The van der Waals surface area contributed by atoms with Crippen LogP contribution in [-0.4, -0.2) is 34.9 Å². The molecule has 3 N–H and O–H groups in total. The van der Waals surface area contributed by atoms with Gasteiger partial charge in [0.15, 0.2) is 0 Å². The van der Waals surface area contributed by atoms with Crippen LogP contribution in [0.4, 0.5) is 0 Å². The Balaban J connectivity index is 1.52. The van der Waals surface area contributed by atoms with Crippen molar-refractivity contribution < 1.29 is 19.4 Å². The molecule has 1 aromatic rings. The van der Waals surface area contributed by atoms with Crippen LogP contribution in [0.5, 0.6) is 0 Å². The molecular formula is C27H43NO4. The number of rotatable bonds is 7. The van der Waals surface area contributed by atoms with Crippen molar-refractivity contribution in [2.75, 3.05) is 13.2 Å². The highest BCUT2D eigenvalue weighted by Gasteiger charge is 2.61. The predicted molar refractivity (Wildman–Crippen MR) is 125 cm³/mol. The number of aryl methyl sites for hydroxylation is 1. The van der Waals surface area contributed by atoms with Gasteiger partial charge in [0.2, 0.25) is 5.91 Å². The lowest BCUT2D eigenvalue weighted by atomic mass is 9.44. The molecule has 0 aliphatic heterocycles. The third kappa shape index (κ3) is 4.40. The lowest BCUT2D eigenvalue weighted by Gasteiger charge is -2.61. The quantitative estimate of drug-likeness (QED) is 0.560. The van der Waals surface area contributed by atoms with E-state index in [0.29, 0.717) is 12.3 Å². The van der Waals surface area contributed by atoms with Gasteiger partial charge >= 0.3 is 0 Å². The summed E-state index contributed by atoms with van der Waals surface area (Å²) in [7, 11) is 0. The zero-order chi connectivity index (χ0) is 22.8. The van der Waals surface area contributed by atoms with Crippen LogP contribution in [0.25, 0.3) is 0 Å². The SMILES string of the molecule is C[C@@]12CCC[C@](C)(C(=O)NCC3CCCCC3)[C@H]1CCC(O)(CO)[C@H]2CCc1ccoc1. The summed E-state index contributed by atoms with van der Waals surface area (Å²) in [4.78, 5) is 13.6. The Morgan fingerprint density at radius 3 is 2.59 bits per heavy atom. The van der Waals surface area contributed by atoms with Crippen LogP contribution < -0.4 is 5.32 Å². The van der Waals surface area contributed by atoms with Crippen LogP contribution in [0.15, 0.2) is 23.0 Å². The highest BCUT2D eigenvalue weighted by atomic mass is 16.3. The molecule has 1 amide bonds. The number of fused-ring (bicyclic) bond motifs is 1. The Bertz CT molecular complexity index is 758. The summed E-state index contributed by atoms with van der Waals surface area (Å²) in [5.41, 5.74) is -0.535. The van der Waals surface area contributed by atoms with Gasteiger partial charge in [0.25, 0.3) is 0 Å². The molecule has 5 atom stereocenters. The van der Waals surface area contributed by atoms with Crippen molar-refractivity contribution in [2.24, 2.45) is 28.6 Å². The summed E-state index contributed by atoms with van der Waals surface area (Å²) in [6, 6.07) is 1.98. The largest absolute Gasteiger partial charge is 0.472 e. The number of carbonyl (C=O) groups excluding carboxylic acids is 1. The van der Waals surface area contributed by atoms with E-state index in [1.807, 2.05) is 6.07 Å². The number of hydrogen-bond donors (Lipinski definition) is 3. The number of aliphatic hydroxyl groups excluding tert-OH is 1. The first-order valence-corrected chi connectivity index (χ1v) is 12.9. The predicted octanol–water partition coefficient (Wildman–Crippen LogP) is 4.85. The van der Waals surface area contributed by atoms with E-state index < -0.39 is 11.0 Å². The second-order valence-electron chi connectivity index (χ2n) is 11.6. The van der Waals surface area contributed by atoms with E-state index in [4.69, 9.17) is 4.42 Å². The first-order chi connectivity index (χ1) is 15.3. The third-order valence-corrected chi connectivity index (χ3v) is 9.66. The van der Waals surface area contributed by atoms with E-state index in [1.165, 1.54) is 32.1 Å². The molecule has 1 heterocycles. The van der Waals surface area contributed by atoms with Crippen molar-refractivity contribution >= 4 is 5.91 Å². The highest BCUT2D eigenvalue weighted by molar-refractivity contribution is 5.83. The number of carbonyl (C=O) groups is 1. The van der Waals surface area contributed by atoms with Gasteiger partial charge in [-0.25, -0.2) is 0 Å². The number of aliphatic hydroxyl groups is 2. The molecule has 3 aliphatic carbocycles. The first kappa shape index (κ1) is 23.8. The van der Waals surface area contributed by atoms with Gasteiger partial charge < -0.3 is 19.9 Å². The van der Waals surface area contributed by atoms with Crippen molar-refractivity contribution in [3.8, 4) is 0 Å². The van der Waals surface area contributed by atoms with Gasteiger partial charge in [-0.2, -0.15) is 0 Å². The number of nitrogens with one attached hydrogen (secondary N) is 1. The Morgan fingerprint density at radius 2 is 1.91 bits per heavy atom. The smallest absolute Gasteiger partial charge is 0.226 e. The molecule has 1 aromatic heterocycles. The van der Waals surface area contributed by atoms with E-state index in [2.05, 4.69) is 19.2 Å². The van der Waals surface area contributed by atoms with Crippen molar-refractivity contribution in [3.05, 3.63) is 24.2 Å². The van der Waals surface area contributed by atoms with Gasteiger partial charge in [-0.15, -0.1) is 0 Å². The van der Waals surface area contributed by atoms with Crippen LogP contribution in [0.3, 0.4) is 0 Å². The maximum Gasteiger partial charge on any atom is 0.226 e. The summed E-state index contributed by atoms with van der Waals surface area (Å²) in [5.74, 6) is 1.01. The number of hydrogen-bond acceptors (Lipinski definition) is 4. The normalized spacial score (nSPS) is 38.2. The van der Waals surface area contributed by atoms with E-state index in [9.17, 15) is 15.0 Å². The summed E-state index contributed by atoms with van der Waals surface area (Å²) in [6.45, 7) is 5.05. The molecule has 180 valence electrons. The fourth-order valence-corrected chi connectivity index (χ4v) is 7.80. The topological polar surface area (TPSA) is 82.7 Å². The van der Waals surface area contributed by atoms with Crippen molar-refractivity contribution in [1.29, 1.82) is 0 Å². The molecule has 0 bridgehead atoms.